The van der Waals surface area contributed by atoms with Gasteiger partial charge in [-0.05, 0) is 42.8 Å². The molecule has 0 N–H and O–H groups in total. The minimum Gasteiger partial charge on any atom is -0.484 e. The second-order valence-electron chi connectivity index (χ2n) is 6.13. The smallest absolute Gasteiger partial charge is 0.420 e. The standard InChI is InChI=1S/C14H16BrF3N2O3/c1-13(2,3)23-12(21)20-6-8(7-20)22-10-5-19-11(15)4-9(10)14(16,17)18/h4-5,8H,6-7H2,1-3H3. The Hall–Kier alpha value is -1.51. The van der Waals surface area contributed by atoms with E-state index in [1.165, 1.54) is 4.90 Å². The fraction of sp³-hybridized carbons (Fsp3) is 0.571. The van der Waals surface area contributed by atoms with Crippen LogP contribution in [0.2, 0.25) is 0 Å². The molecule has 1 aromatic heterocycles. The molecule has 128 valence electrons. The Balaban J connectivity index is 1.97. The van der Waals surface area contributed by atoms with E-state index in [1.54, 1.807) is 20.8 Å². The van der Waals surface area contributed by atoms with E-state index in [-0.39, 0.29) is 23.4 Å². The van der Waals surface area contributed by atoms with Crippen molar-refractivity contribution < 1.29 is 27.4 Å². The summed E-state index contributed by atoms with van der Waals surface area (Å²) in [6.45, 7) is 5.55. The zero-order valence-electron chi connectivity index (χ0n) is 12.8. The number of amides is 1. The second-order valence-corrected chi connectivity index (χ2v) is 6.94. The minimum atomic E-state index is -4.55. The first-order chi connectivity index (χ1) is 10.5. The number of nitrogens with zero attached hydrogens (tertiary/aromatic N) is 2. The number of likely N-dealkylation sites (tertiary alicyclic amines) is 1. The molecule has 0 saturated carbocycles. The average molecular weight is 397 g/mol. The molecular weight excluding hydrogens is 381 g/mol. The summed E-state index contributed by atoms with van der Waals surface area (Å²) in [5.41, 5.74) is -1.53. The van der Waals surface area contributed by atoms with Gasteiger partial charge in [0.25, 0.3) is 0 Å². The molecule has 9 heteroatoms. The molecule has 1 aliphatic rings. The number of halogens is 4. The van der Waals surface area contributed by atoms with Gasteiger partial charge in [0.15, 0.2) is 5.75 Å². The molecule has 23 heavy (non-hydrogen) atoms. The lowest BCUT2D eigenvalue weighted by atomic mass is 10.1. The van der Waals surface area contributed by atoms with Crippen molar-refractivity contribution in [1.82, 2.24) is 9.88 Å². The number of hydrogen-bond donors (Lipinski definition) is 0. The number of rotatable bonds is 2. The first kappa shape index (κ1) is 17.8. The highest BCUT2D eigenvalue weighted by atomic mass is 79.9. The Labute approximate surface area is 139 Å². The lowest BCUT2D eigenvalue weighted by Crippen LogP contribution is -2.57. The summed E-state index contributed by atoms with van der Waals surface area (Å²) >= 11 is 2.91. The molecular formula is C14H16BrF3N2O3. The van der Waals surface area contributed by atoms with E-state index in [2.05, 4.69) is 20.9 Å². The molecule has 0 spiro atoms. The van der Waals surface area contributed by atoms with Gasteiger partial charge in [0.05, 0.1) is 19.3 Å². The summed E-state index contributed by atoms with van der Waals surface area (Å²) in [6, 6.07) is 0.861. The van der Waals surface area contributed by atoms with Gasteiger partial charge in [0, 0.05) is 0 Å². The highest BCUT2D eigenvalue weighted by Crippen LogP contribution is 2.37. The molecule has 5 nitrogen and oxygen atoms in total. The summed E-state index contributed by atoms with van der Waals surface area (Å²) in [5, 5.41) is 0. The van der Waals surface area contributed by atoms with Crippen LogP contribution in [-0.2, 0) is 10.9 Å². The van der Waals surface area contributed by atoms with Crippen LogP contribution in [0, 0.1) is 0 Å². The van der Waals surface area contributed by atoms with Crippen molar-refractivity contribution in [1.29, 1.82) is 0 Å². The summed E-state index contributed by atoms with van der Waals surface area (Å²) in [6.07, 6.45) is -4.56. The first-order valence-electron chi connectivity index (χ1n) is 6.83. The number of carbonyl (C=O) groups excluding carboxylic acids is 1. The quantitative estimate of drug-likeness (QED) is 0.712. The average Bonchev–Trinajstić information content (AvgIpc) is 2.31. The van der Waals surface area contributed by atoms with E-state index in [0.29, 0.717) is 0 Å². The number of ether oxygens (including phenoxy) is 2. The largest absolute Gasteiger partial charge is 0.484 e. The molecule has 0 radical (unpaired) electrons. The number of hydrogen-bond acceptors (Lipinski definition) is 4. The third-order valence-electron chi connectivity index (χ3n) is 2.93. The minimum absolute atomic E-state index is 0.0705. The Morgan fingerprint density at radius 1 is 1.35 bits per heavy atom. The number of pyridine rings is 1. The lowest BCUT2D eigenvalue weighted by molar-refractivity contribution is -0.140. The van der Waals surface area contributed by atoms with Gasteiger partial charge in [-0.1, -0.05) is 0 Å². The molecule has 2 rings (SSSR count). The van der Waals surface area contributed by atoms with Gasteiger partial charge in [0.1, 0.15) is 21.9 Å². The summed E-state index contributed by atoms with van der Waals surface area (Å²) < 4.78 is 49.5. The highest BCUT2D eigenvalue weighted by Gasteiger charge is 2.39. The van der Waals surface area contributed by atoms with E-state index in [9.17, 15) is 18.0 Å². The molecule has 0 aromatic carbocycles. The van der Waals surface area contributed by atoms with Crippen LogP contribution in [0.5, 0.6) is 5.75 Å². The number of alkyl halides is 3. The van der Waals surface area contributed by atoms with Gasteiger partial charge >= 0.3 is 12.3 Å². The molecule has 1 aliphatic heterocycles. The molecule has 1 amide bonds. The van der Waals surface area contributed by atoms with E-state index in [4.69, 9.17) is 9.47 Å². The van der Waals surface area contributed by atoms with Crippen LogP contribution < -0.4 is 4.74 Å². The molecule has 2 heterocycles. The summed E-state index contributed by atoms with van der Waals surface area (Å²) in [4.78, 5) is 16.9. The summed E-state index contributed by atoms with van der Waals surface area (Å²) in [7, 11) is 0. The van der Waals surface area contributed by atoms with Crippen molar-refractivity contribution in [3.8, 4) is 5.75 Å². The van der Waals surface area contributed by atoms with Crippen molar-refractivity contribution in [2.75, 3.05) is 13.1 Å². The van der Waals surface area contributed by atoms with Crippen molar-refractivity contribution in [2.24, 2.45) is 0 Å². The monoisotopic (exact) mass is 396 g/mol. The maximum atomic E-state index is 13.0. The molecule has 0 aliphatic carbocycles. The van der Waals surface area contributed by atoms with Crippen LogP contribution in [0.25, 0.3) is 0 Å². The fourth-order valence-electron chi connectivity index (χ4n) is 1.90. The predicted octanol–water partition coefficient (Wildman–Crippen LogP) is 3.86. The molecule has 1 fully saturated rings. The zero-order valence-corrected chi connectivity index (χ0v) is 14.4. The SMILES string of the molecule is CC(C)(C)OC(=O)N1CC(Oc2cnc(Br)cc2C(F)(F)F)C1. The van der Waals surface area contributed by atoms with Crippen LogP contribution in [0.1, 0.15) is 26.3 Å². The van der Waals surface area contributed by atoms with Crippen LogP contribution in [0.3, 0.4) is 0 Å². The fourth-order valence-corrected chi connectivity index (χ4v) is 2.23. The first-order valence-corrected chi connectivity index (χ1v) is 7.62. The maximum absolute atomic E-state index is 13.0. The van der Waals surface area contributed by atoms with Crippen LogP contribution >= 0.6 is 15.9 Å². The van der Waals surface area contributed by atoms with E-state index >= 15 is 0 Å². The molecule has 0 unspecified atom stereocenters. The number of aromatic nitrogens is 1. The Kier molecular flexibility index (Phi) is 4.79. The van der Waals surface area contributed by atoms with Crippen LogP contribution in [-0.4, -0.2) is 40.8 Å². The van der Waals surface area contributed by atoms with Gasteiger partial charge in [-0.2, -0.15) is 13.2 Å². The third-order valence-corrected chi connectivity index (χ3v) is 3.37. The van der Waals surface area contributed by atoms with Gasteiger partial charge in [0.2, 0.25) is 0 Å². The van der Waals surface area contributed by atoms with Crippen molar-refractivity contribution in [3.05, 3.63) is 22.4 Å². The highest BCUT2D eigenvalue weighted by molar-refractivity contribution is 9.10. The van der Waals surface area contributed by atoms with E-state index < -0.39 is 29.5 Å². The van der Waals surface area contributed by atoms with E-state index in [1.807, 2.05) is 0 Å². The van der Waals surface area contributed by atoms with Crippen molar-refractivity contribution in [3.63, 3.8) is 0 Å². The van der Waals surface area contributed by atoms with Gasteiger partial charge in [-0.25, -0.2) is 9.78 Å². The maximum Gasteiger partial charge on any atom is 0.420 e. The normalized spacial score (nSPS) is 16.0. The third kappa shape index (κ3) is 4.73. The molecule has 1 saturated heterocycles. The van der Waals surface area contributed by atoms with Crippen molar-refractivity contribution >= 4 is 22.0 Å². The van der Waals surface area contributed by atoms with E-state index in [0.717, 1.165) is 12.3 Å². The molecule has 0 bridgehead atoms. The van der Waals surface area contributed by atoms with Crippen molar-refractivity contribution in [2.45, 2.75) is 38.7 Å². The lowest BCUT2D eigenvalue weighted by Gasteiger charge is -2.39. The van der Waals surface area contributed by atoms with Gasteiger partial charge in [-0.15, -0.1) is 0 Å². The Morgan fingerprint density at radius 2 is 1.96 bits per heavy atom. The van der Waals surface area contributed by atoms with Crippen LogP contribution in [0.4, 0.5) is 18.0 Å². The Bertz CT molecular complexity index is 596. The second kappa shape index (κ2) is 6.18. The molecule has 0 atom stereocenters. The predicted molar refractivity (Wildman–Crippen MR) is 79.2 cm³/mol. The Morgan fingerprint density at radius 3 is 2.48 bits per heavy atom. The van der Waals surface area contributed by atoms with Crippen LogP contribution in [0.15, 0.2) is 16.9 Å². The van der Waals surface area contributed by atoms with Gasteiger partial charge in [-0.3, -0.25) is 0 Å². The van der Waals surface area contributed by atoms with Gasteiger partial charge < -0.3 is 14.4 Å². The zero-order chi connectivity index (χ0) is 17.4. The molecule has 1 aromatic rings. The summed E-state index contributed by atoms with van der Waals surface area (Å²) in [5.74, 6) is -0.352. The topological polar surface area (TPSA) is 51.7 Å². The number of carbonyl (C=O) groups is 1.